The first-order valence-corrected chi connectivity index (χ1v) is 8.06. The molecule has 0 fully saturated rings. The lowest BCUT2D eigenvalue weighted by molar-refractivity contribution is -0.159. The number of aliphatic hydroxyl groups is 1. The molecule has 1 aromatic heterocycles. The van der Waals surface area contributed by atoms with Gasteiger partial charge >= 0.3 is 12.1 Å². The number of aliphatic hydroxyl groups excluding tert-OH is 1. The average Bonchev–Trinajstić information content (AvgIpc) is 3.19. The Morgan fingerprint density at radius 3 is 2.56 bits per heavy atom. The Kier molecular flexibility index (Phi) is 5.44. The van der Waals surface area contributed by atoms with E-state index < -0.39 is 18.3 Å². The van der Waals surface area contributed by atoms with E-state index in [-0.39, 0.29) is 18.3 Å². The highest BCUT2D eigenvalue weighted by Crippen LogP contribution is 2.29. The van der Waals surface area contributed by atoms with Gasteiger partial charge in [-0.3, -0.25) is 9.85 Å². The molecule has 2 heterocycles. The quantitative estimate of drug-likeness (QED) is 0.580. The lowest BCUT2D eigenvalue weighted by Gasteiger charge is -2.19. The molecule has 0 saturated carbocycles. The molecule has 146 valence electrons. The number of benzene rings is 1. The van der Waals surface area contributed by atoms with Gasteiger partial charge in [-0.1, -0.05) is 29.4 Å². The lowest BCUT2D eigenvalue weighted by atomic mass is 10.0. The first-order chi connectivity index (χ1) is 12.8. The van der Waals surface area contributed by atoms with Gasteiger partial charge in [-0.2, -0.15) is 23.3 Å². The standard InChI is InChI=1S/C16H18F3N5O3/c1-9-12(14(25)24(2)22-9)7-20-26-8-10-3-5-11(6-4-10)13-21-15(27-23-13)16(17,18)19/h3-6,12,14,20,25H,7-8H2,1-2H3. The maximum absolute atomic E-state index is 12.5. The van der Waals surface area contributed by atoms with Crippen LogP contribution in [0, 0.1) is 5.92 Å². The molecular formula is C16H18F3N5O3. The molecule has 8 nitrogen and oxygen atoms in total. The van der Waals surface area contributed by atoms with Gasteiger partial charge < -0.3 is 9.63 Å². The van der Waals surface area contributed by atoms with Crippen LogP contribution in [0.15, 0.2) is 33.9 Å². The molecule has 0 aliphatic carbocycles. The smallest absolute Gasteiger partial charge is 0.371 e. The fourth-order valence-electron chi connectivity index (χ4n) is 2.60. The second kappa shape index (κ2) is 7.62. The fraction of sp³-hybridized carbons (Fsp3) is 0.438. The van der Waals surface area contributed by atoms with Gasteiger partial charge in [0.2, 0.25) is 5.82 Å². The second-order valence-corrected chi connectivity index (χ2v) is 6.09. The molecule has 1 aliphatic rings. The molecule has 0 spiro atoms. The summed E-state index contributed by atoms with van der Waals surface area (Å²) in [6.45, 7) is 2.46. The van der Waals surface area contributed by atoms with Gasteiger partial charge in [0.15, 0.2) is 6.23 Å². The Bertz CT molecular complexity index is 806. The number of halogens is 3. The number of alkyl halides is 3. The minimum absolute atomic E-state index is 0.137. The van der Waals surface area contributed by atoms with Crippen molar-refractivity contribution in [2.75, 3.05) is 13.6 Å². The zero-order chi connectivity index (χ0) is 19.6. The van der Waals surface area contributed by atoms with E-state index in [4.69, 9.17) is 4.84 Å². The third-order valence-corrected chi connectivity index (χ3v) is 4.12. The van der Waals surface area contributed by atoms with Gasteiger partial charge in [0.1, 0.15) is 0 Å². The second-order valence-electron chi connectivity index (χ2n) is 6.09. The number of hydrogen-bond acceptors (Lipinski definition) is 8. The largest absolute Gasteiger partial charge is 0.471 e. The number of hydrogen-bond donors (Lipinski definition) is 2. The Morgan fingerprint density at radius 1 is 1.30 bits per heavy atom. The predicted molar refractivity (Wildman–Crippen MR) is 87.9 cm³/mol. The van der Waals surface area contributed by atoms with Crippen LogP contribution in [0.4, 0.5) is 13.2 Å². The molecule has 1 aromatic carbocycles. The number of aromatic nitrogens is 2. The number of rotatable bonds is 6. The molecular weight excluding hydrogens is 367 g/mol. The van der Waals surface area contributed by atoms with Gasteiger partial charge in [-0.05, 0) is 12.5 Å². The van der Waals surface area contributed by atoms with Crippen molar-refractivity contribution in [2.45, 2.75) is 25.9 Å². The van der Waals surface area contributed by atoms with Crippen LogP contribution in [0.1, 0.15) is 18.4 Å². The van der Waals surface area contributed by atoms with Crippen molar-refractivity contribution in [3.05, 3.63) is 35.7 Å². The summed E-state index contributed by atoms with van der Waals surface area (Å²) in [5, 5.41) is 18.9. The zero-order valence-corrected chi connectivity index (χ0v) is 14.6. The van der Waals surface area contributed by atoms with Crippen molar-refractivity contribution in [2.24, 2.45) is 11.0 Å². The molecule has 2 unspecified atom stereocenters. The maximum Gasteiger partial charge on any atom is 0.471 e. The van der Waals surface area contributed by atoms with Crippen molar-refractivity contribution in [1.29, 1.82) is 0 Å². The van der Waals surface area contributed by atoms with Crippen LogP contribution in [0.3, 0.4) is 0 Å². The summed E-state index contributed by atoms with van der Waals surface area (Å²) in [4.78, 5) is 8.71. The SMILES string of the molecule is CC1=NN(C)C(O)C1CNOCc1ccc(-c2noc(C(F)(F)F)n2)cc1. The Morgan fingerprint density at radius 2 is 2.00 bits per heavy atom. The minimum atomic E-state index is -4.67. The summed E-state index contributed by atoms with van der Waals surface area (Å²) in [5.41, 5.74) is 4.79. The van der Waals surface area contributed by atoms with Crippen molar-refractivity contribution in [3.8, 4) is 11.4 Å². The van der Waals surface area contributed by atoms with Crippen LogP contribution < -0.4 is 5.48 Å². The summed E-state index contributed by atoms with van der Waals surface area (Å²) in [6.07, 6.45) is -5.37. The number of hydroxylamine groups is 1. The topological polar surface area (TPSA) is 96.0 Å². The highest BCUT2D eigenvalue weighted by molar-refractivity contribution is 5.86. The maximum atomic E-state index is 12.5. The Hall–Kier alpha value is -2.50. The third-order valence-electron chi connectivity index (χ3n) is 4.12. The van der Waals surface area contributed by atoms with E-state index in [1.165, 1.54) is 5.01 Å². The van der Waals surface area contributed by atoms with Gasteiger partial charge in [0.05, 0.1) is 12.5 Å². The number of hydrazone groups is 1. The van der Waals surface area contributed by atoms with E-state index >= 15 is 0 Å². The van der Waals surface area contributed by atoms with E-state index in [1.807, 2.05) is 6.92 Å². The lowest BCUT2D eigenvalue weighted by Crippen LogP contribution is -2.37. The molecule has 0 radical (unpaired) electrons. The molecule has 27 heavy (non-hydrogen) atoms. The van der Waals surface area contributed by atoms with Gasteiger partial charge in [-0.25, -0.2) is 5.48 Å². The number of nitrogens with one attached hydrogen (secondary N) is 1. The third kappa shape index (κ3) is 4.43. The highest BCUT2D eigenvalue weighted by atomic mass is 19.4. The highest BCUT2D eigenvalue weighted by Gasteiger charge is 2.38. The van der Waals surface area contributed by atoms with Gasteiger partial charge in [0.25, 0.3) is 0 Å². The first-order valence-electron chi connectivity index (χ1n) is 8.06. The monoisotopic (exact) mass is 385 g/mol. The van der Waals surface area contributed by atoms with Crippen molar-refractivity contribution in [3.63, 3.8) is 0 Å². The first kappa shape index (κ1) is 19.3. The summed E-state index contributed by atoms with van der Waals surface area (Å²) in [7, 11) is 1.69. The molecule has 11 heteroatoms. The molecule has 0 saturated heterocycles. The molecule has 0 amide bonds. The van der Waals surface area contributed by atoms with E-state index in [9.17, 15) is 18.3 Å². The molecule has 2 N–H and O–H groups in total. The van der Waals surface area contributed by atoms with Crippen molar-refractivity contribution < 1.29 is 27.6 Å². The summed E-state index contributed by atoms with van der Waals surface area (Å²) in [5.74, 6) is -1.69. The minimum Gasteiger partial charge on any atom is -0.371 e. The van der Waals surface area contributed by atoms with Crippen LogP contribution in [0.2, 0.25) is 0 Å². The zero-order valence-electron chi connectivity index (χ0n) is 14.6. The molecule has 0 bridgehead atoms. The van der Waals surface area contributed by atoms with E-state index in [0.717, 1.165) is 11.3 Å². The molecule has 2 atom stereocenters. The molecule has 1 aliphatic heterocycles. The van der Waals surface area contributed by atoms with Gasteiger partial charge in [-0.15, -0.1) is 0 Å². The fourth-order valence-corrected chi connectivity index (χ4v) is 2.60. The van der Waals surface area contributed by atoms with Crippen molar-refractivity contribution >= 4 is 5.71 Å². The average molecular weight is 385 g/mol. The van der Waals surface area contributed by atoms with E-state index in [0.29, 0.717) is 12.1 Å². The Balaban J connectivity index is 1.50. The van der Waals surface area contributed by atoms with Gasteiger partial charge in [0, 0.05) is 24.9 Å². The summed E-state index contributed by atoms with van der Waals surface area (Å²) in [6, 6.07) is 6.53. The molecule has 3 rings (SSSR count). The predicted octanol–water partition coefficient (Wildman–Crippen LogP) is 2.03. The normalized spacial score (nSPS) is 20.2. The Labute approximate surface area is 152 Å². The summed E-state index contributed by atoms with van der Waals surface area (Å²) < 4.78 is 41.7. The van der Waals surface area contributed by atoms with Crippen LogP contribution >= 0.6 is 0 Å². The van der Waals surface area contributed by atoms with Crippen LogP contribution in [0.25, 0.3) is 11.4 Å². The van der Waals surface area contributed by atoms with E-state index in [2.05, 4.69) is 25.2 Å². The summed E-state index contributed by atoms with van der Waals surface area (Å²) >= 11 is 0. The van der Waals surface area contributed by atoms with Crippen LogP contribution in [-0.4, -0.2) is 45.8 Å². The van der Waals surface area contributed by atoms with Crippen molar-refractivity contribution in [1.82, 2.24) is 20.6 Å². The number of nitrogens with zero attached hydrogens (tertiary/aromatic N) is 4. The van der Waals surface area contributed by atoms with Crippen LogP contribution in [0.5, 0.6) is 0 Å². The van der Waals surface area contributed by atoms with E-state index in [1.54, 1.807) is 31.3 Å². The van der Waals surface area contributed by atoms with Crippen LogP contribution in [-0.2, 0) is 17.6 Å². The molecule has 2 aromatic rings.